The molecule has 5 heteroatoms. The second-order valence-electron chi connectivity index (χ2n) is 8.11. The van der Waals surface area contributed by atoms with Crippen molar-refractivity contribution in [1.82, 2.24) is 14.8 Å². The molecule has 1 spiro atoms. The van der Waals surface area contributed by atoms with Crippen LogP contribution in [0.4, 0.5) is 4.39 Å². The largest absolute Gasteiger partial charge is 0.338 e. The lowest BCUT2D eigenvalue weighted by Gasteiger charge is -2.40. The van der Waals surface area contributed by atoms with E-state index in [1.807, 2.05) is 36.1 Å². The molecule has 0 saturated carbocycles. The SMILES string of the molecule is Cc1ccc(C(=O)N2CC[C@@]3(CCCN(Cc4ccc(F)cc4)C3)C2)cn1. The van der Waals surface area contributed by atoms with Gasteiger partial charge in [0.25, 0.3) is 5.91 Å². The van der Waals surface area contributed by atoms with Crippen molar-refractivity contribution in [3.8, 4) is 0 Å². The van der Waals surface area contributed by atoms with Gasteiger partial charge in [-0.2, -0.15) is 0 Å². The lowest BCUT2D eigenvalue weighted by molar-refractivity contribution is 0.0675. The van der Waals surface area contributed by atoms with Crippen molar-refractivity contribution in [1.29, 1.82) is 0 Å². The van der Waals surface area contributed by atoms with Crippen molar-refractivity contribution in [2.24, 2.45) is 5.41 Å². The molecule has 4 rings (SSSR count). The minimum Gasteiger partial charge on any atom is -0.338 e. The number of amides is 1. The van der Waals surface area contributed by atoms with Crippen LogP contribution in [0.5, 0.6) is 0 Å². The maximum atomic E-state index is 13.1. The van der Waals surface area contributed by atoms with Crippen LogP contribution in [0.3, 0.4) is 0 Å². The van der Waals surface area contributed by atoms with Crippen LogP contribution in [0.1, 0.15) is 40.9 Å². The van der Waals surface area contributed by atoms with Gasteiger partial charge in [0.1, 0.15) is 5.82 Å². The van der Waals surface area contributed by atoms with Crippen LogP contribution in [0.25, 0.3) is 0 Å². The number of hydrogen-bond donors (Lipinski definition) is 0. The summed E-state index contributed by atoms with van der Waals surface area (Å²) < 4.78 is 13.1. The Labute approximate surface area is 160 Å². The summed E-state index contributed by atoms with van der Waals surface area (Å²) in [5.41, 5.74) is 2.93. The Bertz CT molecular complexity index is 805. The molecule has 4 nitrogen and oxygen atoms in total. The Balaban J connectivity index is 1.40. The molecule has 0 N–H and O–H groups in total. The molecule has 2 fully saturated rings. The van der Waals surface area contributed by atoms with Crippen molar-refractivity contribution in [3.63, 3.8) is 0 Å². The van der Waals surface area contributed by atoms with Gasteiger partial charge in [-0.3, -0.25) is 14.7 Å². The minimum absolute atomic E-state index is 0.0926. The van der Waals surface area contributed by atoms with Gasteiger partial charge < -0.3 is 4.90 Å². The van der Waals surface area contributed by atoms with Crippen molar-refractivity contribution in [3.05, 3.63) is 65.2 Å². The predicted molar refractivity (Wildman–Crippen MR) is 103 cm³/mol. The highest BCUT2D eigenvalue weighted by atomic mass is 19.1. The second-order valence-corrected chi connectivity index (χ2v) is 8.11. The van der Waals surface area contributed by atoms with Crippen LogP contribution in [0.2, 0.25) is 0 Å². The number of piperidine rings is 1. The summed E-state index contributed by atoms with van der Waals surface area (Å²) in [5, 5.41) is 0. The zero-order valence-corrected chi connectivity index (χ0v) is 15.8. The lowest BCUT2D eigenvalue weighted by Crippen LogP contribution is -2.45. The van der Waals surface area contributed by atoms with E-state index in [0.29, 0.717) is 5.56 Å². The molecule has 2 aliphatic rings. The molecule has 3 heterocycles. The molecule has 0 unspecified atom stereocenters. The lowest BCUT2D eigenvalue weighted by atomic mass is 9.79. The number of halogens is 1. The van der Waals surface area contributed by atoms with Crippen molar-refractivity contribution >= 4 is 5.91 Å². The van der Waals surface area contributed by atoms with Gasteiger partial charge in [0, 0.05) is 43.5 Å². The summed E-state index contributed by atoms with van der Waals surface area (Å²) >= 11 is 0. The number of benzene rings is 1. The standard InChI is InChI=1S/C22H26FN3O/c1-17-3-6-19(13-24-17)21(27)26-12-10-22(16-26)9-2-11-25(15-22)14-18-4-7-20(23)8-5-18/h3-8,13H,2,9-12,14-16H2,1H3/t22-/m1/s1. The fourth-order valence-electron chi connectivity index (χ4n) is 4.51. The second kappa shape index (κ2) is 7.39. The first-order valence-corrected chi connectivity index (χ1v) is 9.72. The van der Waals surface area contributed by atoms with Gasteiger partial charge in [-0.1, -0.05) is 12.1 Å². The van der Waals surface area contributed by atoms with Gasteiger partial charge in [0.15, 0.2) is 0 Å². The zero-order chi connectivity index (χ0) is 18.9. The maximum absolute atomic E-state index is 13.1. The highest BCUT2D eigenvalue weighted by Gasteiger charge is 2.42. The van der Waals surface area contributed by atoms with E-state index in [9.17, 15) is 9.18 Å². The molecule has 1 aromatic carbocycles. The molecular formula is C22H26FN3O. The van der Waals surface area contributed by atoms with Gasteiger partial charge in [-0.05, 0) is 62.6 Å². The smallest absolute Gasteiger partial charge is 0.255 e. The van der Waals surface area contributed by atoms with E-state index in [1.54, 1.807) is 6.20 Å². The molecule has 1 amide bonds. The van der Waals surface area contributed by atoms with Crippen LogP contribution in [0.15, 0.2) is 42.6 Å². The summed E-state index contributed by atoms with van der Waals surface area (Å²) in [5.74, 6) is -0.0977. The number of nitrogens with zero attached hydrogens (tertiary/aromatic N) is 3. The van der Waals surface area contributed by atoms with Crippen molar-refractivity contribution < 1.29 is 9.18 Å². The molecule has 1 aromatic heterocycles. The van der Waals surface area contributed by atoms with Crippen LogP contribution in [0, 0.1) is 18.2 Å². The number of carbonyl (C=O) groups is 1. The van der Waals surface area contributed by atoms with Gasteiger partial charge in [-0.15, -0.1) is 0 Å². The Hall–Kier alpha value is -2.27. The third-order valence-electron chi connectivity index (χ3n) is 5.94. The van der Waals surface area contributed by atoms with E-state index in [0.717, 1.165) is 56.8 Å². The molecule has 0 radical (unpaired) electrons. The van der Waals surface area contributed by atoms with Gasteiger partial charge in [0.05, 0.1) is 5.56 Å². The van der Waals surface area contributed by atoms with Gasteiger partial charge >= 0.3 is 0 Å². The molecule has 0 bridgehead atoms. The summed E-state index contributed by atoms with van der Waals surface area (Å²) in [7, 11) is 0. The maximum Gasteiger partial charge on any atom is 0.255 e. The minimum atomic E-state index is -0.190. The fourth-order valence-corrected chi connectivity index (χ4v) is 4.51. The average Bonchev–Trinajstić information content (AvgIpc) is 3.07. The van der Waals surface area contributed by atoms with Gasteiger partial charge in [0.2, 0.25) is 0 Å². The van der Waals surface area contributed by atoms with Crippen molar-refractivity contribution in [2.45, 2.75) is 32.7 Å². The van der Waals surface area contributed by atoms with Gasteiger partial charge in [-0.25, -0.2) is 4.39 Å². The first kappa shape index (κ1) is 18.1. The average molecular weight is 367 g/mol. The quantitative estimate of drug-likeness (QED) is 0.831. The van der Waals surface area contributed by atoms with E-state index in [4.69, 9.17) is 0 Å². The van der Waals surface area contributed by atoms with Crippen LogP contribution < -0.4 is 0 Å². The number of aryl methyl sites for hydroxylation is 1. The first-order valence-electron chi connectivity index (χ1n) is 9.72. The Morgan fingerprint density at radius 2 is 1.93 bits per heavy atom. The molecule has 2 aromatic rings. The van der Waals surface area contributed by atoms with E-state index in [2.05, 4.69) is 9.88 Å². The van der Waals surface area contributed by atoms with E-state index >= 15 is 0 Å². The number of hydrogen-bond acceptors (Lipinski definition) is 3. The number of likely N-dealkylation sites (tertiary alicyclic amines) is 2. The topological polar surface area (TPSA) is 36.4 Å². The molecule has 27 heavy (non-hydrogen) atoms. The molecule has 2 aliphatic heterocycles. The Morgan fingerprint density at radius 3 is 2.67 bits per heavy atom. The molecule has 0 aliphatic carbocycles. The Kier molecular flexibility index (Phi) is 4.96. The van der Waals surface area contributed by atoms with E-state index < -0.39 is 0 Å². The Morgan fingerprint density at radius 1 is 1.11 bits per heavy atom. The molecule has 2 saturated heterocycles. The number of pyridine rings is 1. The zero-order valence-electron chi connectivity index (χ0n) is 15.8. The van der Waals surface area contributed by atoms with E-state index in [-0.39, 0.29) is 17.1 Å². The normalized spacial score (nSPS) is 23.1. The fraction of sp³-hybridized carbons (Fsp3) is 0.455. The van der Waals surface area contributed by atoms with Crippen molar-refractivity contribution in [2.75, 3.05) is 26.2 Å². The van der Waals surface area contributed by atoms with Crippen LogP contribution in [-0.2, 0) is 6.54 Å². The number of rotatable bonds is 3. The highest BCUT2D eigenvalue weighted by Crippen LogP contribution is 2.39. The predicted octanol–water partition coefficient (Wildman–Crippen LogP) is 3.66. The summed E-state index contributed by atoms with van der Waals surface area (Å²) in [4.78, 5) is 21.5. The monoisotopic (exact) mass is 367 g/mol. The summed E-state index contributed by atoms with van der Waals surface area (Å²) in [6.07, 6.45) is 5.06. The number of aromatic nitrogens is 1. The highest BCUT2D eigenvalue weighted by molar-refractivity contribution is 5.94. The molecule has 142 valence electrons. The molecule has 1 atom stereocenters. The summed E-state index contributed by atoms with van der Waals surface area (Å²) in [6, 6.07) is 10.6. The third-order valence-corrected chi connectivity index (χ3v) is 5.94. The molecular weight excluding hydrogens is 341 g/mol. The van der Waals surface area contributed by atoms with E-state index in [1.165, 1.54) is 18.6 Å². The third kappa shape index (κ3) is 4.03. The first-order chi connectivity index (χ1) is 13.0. The summed E-state index contributed by atoms with van der Waals surface area (Å²) in [6.45, 7) is 6.47. The van der Waals surface area contributed by atoms with Crippen LogP contribution in [-0.4, -0.2) is 46.9 Å². The van der Waals surface area contributed by atoms with Crippen LogP contribution >= 0.6 is 0 Å². The number of carbonyl (C=O) groups excluding carboxylic acids is 1.